The summed E-state index contributed by atoms with van der Waals surface area (Å²) < 4.78 is 0. The van der Waals surface area contributed by atoms with E-state index >= 15 is 0 Å². The van der Waals surface area contributed by atoms with Crippen LogP contribution in [-0.2, 0) is 4.79 Å². The van der Waals surface area contributed by atoms with Crippen LogP contribution in [0.4, 0.5) is 11.4 Å². The number of nitro groups is 1. The summed E-state index contributed by atoms with van der Waals surface area (Å²) in [5, 5.41) is 19.4. The Bertz CT molecular complexity index is 477. The number of rotatable bonds is 8. The zero-order chi connectivity index (χ0) is 15.0. The Kier molecular flexibility index (Phi) is 6.45. The molecule has 1 amide bonds. The minimum absolute atomic E-state index is 0.0613. The molecule has 0 saturated heterocycles. The van der Waals surface area contributed by atoms with E-state index in [0.29, 0.717) is 25.2 Å². The lowest BCUT2D eigenvalue weighted by molar-refractivity contribution is -0.384. The number of benzene rings is 1. The van der Waals surface area contributed by atoms with Crippen molar-refractivity contribution in [2.24, 2.45) is 0 Å². The molecule has 0 atom stereocenters. The molecule has 0 radical (unpaired) electrons. The number of likely N-dealkylation sites (N-methyl/N-ethyl adjacent to an activating group) is 1. The van der Waals surface area contributed by atoms with Crippen LogP contribution in [0.2, 0.25) is 0 Å². The first kappa shape index (κ1) is 15.9. The van der Waals surface area contributed by atoms with Crippen molar-refractivity contribution in [3.8, 4) is 0 Å². The molecule has 7 heteroatoms. The topological polar surface area (TPSA) is 96.3 Å². The number of hydrogen-bond donors (Lipinski definition) is 3. The third-order valence-electron chi connectivity index (χ3n) is 2.68. The van der Waals surface area contributed by atoms with E-state index in [-0.39, 0.29) is 18.1 Å². The Labute approximate surface area is 117 Å². The molecule has 0 aliphatic heterocycles. The van der Waals surface area contributed by atoms with Gasteiger partial charge in [0.25, 0.3) is 5.69 Å². The van der Waals surface area contributed by atoms with Crippen LogP contribution in [-0.4, -0.2) is 37.5 Å². The number of nitrogens with one attached hydrogen (secondary N) is 3. The van der Waals surface area contributed by atoms with Gasteiger partial charge in [-0.2, -0.15) is 0 Å². The molecule has 0 aliphatic rings. The Morgan fingerprint density at radius 1 is 1.35 bits per heavy atom. The van der Waals surface area contributed by atoms with Gasteiger partial charge in [0.1, 0.15) is 5.69 Å². The summed E-state index contributed by atoms with van der Waals surface area (Å²) in [6.07, 6.45) is 0.695. The Morgan fingerprint density at radius 3 is 2.75 bits per heavy atom. The van der Waals surface area contributed by atoms with Crippen LogP contribution in [0.15, 0.2) is 18.2 Å². The number of carbonyl (C=O) groups is 1. The van der Waals surface area contributed by atoms with Crippen molar-refractivity contribution in [3.63, 3.8) is 0 Å². The third-order valence-corrected chi connectivity index (χ3v) is 2.68. The molecular weight excluding hydrogens is 260 g/mol. The summed E-state index contributed by atoms with van der Waals surface area (Å²) in [5.74, 6) is -0.0613. The summed E-state index contributed by atoms with van der Waals surface area (Å²) in [4.78, 5) is 21.7. The lowest BCUT2D eigenvalue weighted by atomic mass is 10.2. The number of nitrogens with zero attached hydrogens (tertiary/aromatic N) is 1. The van der Waals surface area contributed by atoms with Gasteiger partial charge in [0.05, 0.1) is 11.5 Å². The van der Waals surface area contributed by atoms with Gasteiger partial charge in [0.2, 0.25) is 5.91 Å². The molecular formula is C13H20N4O3. The number of amides is 1. The molecule has 0 spiro atoms. The summed E-state index contributed by atoms with van der Waals surface area (Å²) >= 11 is 0. The molecule has 7 nitrogen and oxygen atoms in total. The van der Waals surface area contributed by atoms with E-state index in [9.17, 15) is 14.9 Å². The molecule has 0 fully saturated rings. The zero-order valence-electron chi connectivity index (χ0n) is 11.7. The Balaban J connectivity index is 2.39. The van der Waals surface area contributed by atoms with E-state index in [1.54, 1.807) is 13.1 Å². The van der Waals surface area contributed by atoms with Crippen molar-refractivity contribution >= 4 is 17.3 Å². The van der Waals surface area contributed by atoms with E-state index < -0.39 is 4.92 Å². The predicted octanol–water partition coefficient (Wildman–Crippen LogP) is 1.04. The predicted molar refractivity (Wildman–Crippen MR) is 77.9 cm³/mol. The van der Waals surface area contributed by atoms with Crippen molar-refractivity contribution < 1.29 is 9.72 Å². The van der Waals surface area contributed by atoms with Gasteiger partial charge in [-0.15, -0.1) is 0 Å². The quantitative estimate of drug-likeness (QED) is 0.375. The fourth-order valence-corrected chi connectivity index (χ4v) is 1.70. The van der Waals surface area contributed by atoms with Crippen LogP contribution < -0.4 is 16.0 Å². The average molecular weight is 280 g/mol. The van der Waals surface area contributed by atoms with Gasteiger partial charge in [-0.25, -0.2) is 0 Å². The van der Waals surface area contributed by atoms with E-state index in [0.717, 1.165) is 5.56 Å². The maximum absolute atomic E-state index is 11.2. The van der Waals surface area contributed by atoms with E-state index in [1.807, 2.05) is 13.0 Å². The molecule has 1 aromatic carbocycles. The Hall–Kier alpha value is -2.15. The standard InChI is InChI=1S/C13H20N4O3/c1-10-4-5-11(12(8-10)17(19)20)15-6-3-7-16-13(18)9-14-2/h4-5,8,14-15H,3,6-7,9H2,1-2H3,(H,16,18). The van der Waals surface area contributed by atoms with E-state index in [1.165, 1.54) is 6.07 Å². The number of aryl methyl sites for hydroxylation is 1. The van der Waals surface area contributed by atoms with Gasteiger partial charge in [-0.3, -0.25) is 14.9 Å². The van der Waals surface area contributed by atoms with Crippen LogP contribution in [0.3, 0.4) is 0 Å². The van der Waals surface area contributed by atoms with Crippen LogP contribution in [0, 0.1) is 17.0 Å². The lowest BCUT2D eigenvalue weighted by Gasteiger charge is -2.08. The van der Waals surface area contributed by atoms with Crippen molar-refractivity contribution in [2.75, 3.05) is 32.0 Å². The zero-order valence-corrected chi connectivity index (χ0v) is 11.7. The SMILES string of the molecule is CNCC(=O)NCCCNc1ccc(C)cc1[N+](=O)[O-]. The monoisotopic (exact) mass is 280 g/mol. The third kappa shape index (κ3) is 5.23. The molecule has 0 aromatic heterocycles. The second kappa shape index (κ2) is 8.11. The fraction of sp³-hybridized carbons (Fsp3) is 0.462. The van der Waals surface area contributed by atoms with Crippen molar-refractivity contribution in [3.05, 3.63) is 33.9 Å². The van der Waals surface area contributed by atoms with Gasteiger partial charge < -0.3 is 16.0 Å². The van der Waals surface area contributed by atoms with Crippen LogP contribution in [0.1, 0.15) is 12.0 Å². The number of carbonyl (C=O) groups excluding carboxylic acids is 1. The van der Waals surface area contributed by atoms with Crippen LogP contribution in [0.5, 0.6) is 0 Å². The number of anilines is 1. The van der Waals surface area contributed by atoms with Crippen molar-refractivity contribution in [2.45, 2.75) is 13.3 Å². The first-order chi connectivity index (χ1) is 9.54. The molecule has 20 heavy (non-hydrogen) atoms. The largest absolute Gasteiger partial charge is 0.379 e. The van der Waals surface area contributed by atoms with Crippen LogP contribution >= 0.6 is 0 Å². The highest BCUT2D eigenvalue weighted by atomic mass is 16.6. The Morgan fingerprint density at radius 2 is 2.10 bits per heavy atom. The van der Waals surface area contributed by atoms with Crippen LogP contribution in [0.25, 0.3) is 0 Å². The second-order valence-electron chi connectivity index (χ2n) is 4.44. The second-order valence-corrected chi connectivity index (χ2v) is 4.44. The highest BCUT2D eigenvalue weighted by Gasteiger charge is 2.12. The van der Waals surface area contributed by atoms with Gasteiger partial charge in [0, 0.05) is 19.2 Å². The minimum Gasteiger partial charge on any atom is -0.379 e. The molecule has 1 aromatic rings. The fourth-order valence-electron chi connectivity index (χ4n) is 1.70. The molecule has 3 N–H and O–H groups in total. The van der Waals surface area contributed by atoms with Gasteiger partial charge in [-0.05, 0) is 32.0 Å². The van der Waals surface area contributed by atoms with Gasteiger partial charge in [-0.1, -0.05) is 6.07 Å². The first-order valence-corrected chi connectivity index (χ1v) is 6.45. The smallest absolute Gasteiger partial charge is 0.292 e. The molecule has 0 heterocycles. The summed E-state index contributed by atoms with van der Waals surface area (Å²) in [6.45, 7) is 3.20. The minimum atomic E-state index is -0.399. The van der Waals surface area contributed by atoms with E-state index in [4.69, 9.17) is 0 Å². The number of hydrogen-bond acceptors (Lipinski definition) is 5. The molecule has 0 saturated carbocycles. The summed E-state index contributed by atoms with van der Waals surface area (Å²) in [6, 6.07) is 5.06. The molecule has 0 unspecified atom stereocenters. The highest BCUT2D eigenvalue weighted by Crippen LogP contribution is 2.24. The van der Waals surface area contributed by atoms with Gasteiger partial charge >= 0.3 is 0 Å². The average Bonchev–Trinajstić information content (AvgIpc) is 2.40. The first-order valence-electron chi connectivity index (χ1n) is 6.45. The lowest BCUT2D eigenvalue weighted by Crippen LogP contribution is -2.33. The molecule has 0 bridgehead atoms. The maximum atomic E-state index is 11.2. The van der Waals surface area contributed by atoms with Crippen molar-refractivity contribution in [1.29, 1.82) is 0 Å². The molecule has 1 rings (SSSR count). The molecule has 110 valence electrons. The molecule has 0 aliphatic carbocycles. The van der Waals surface area contributed by atoms with Gasteiger partial charge in [0.15, 0.2) is 0 Å². The van der Waals surface area contributed by atoms with Crippen molar-refractivity contribution in [1.82, 2.24) is 10.6 Å². The van der Waals surface area contributed by atoms with E-state index in [2.05, 4.69) is 16.0 Å². The maximum Gasteiger partial charge on any atom is 0.292 e. The number of nitro benzene ring substituents is 1. The highest BCUT2D eigenvalue weighted by molar-refractivity contribution is 5.77. The normalized spacial score (nSPS) is 10.1. The summed E-state index contributed by atoms with van der Waals surface area (Å²) in [5.41, 5.74) is 1.42. The summed E-state index contributed by atoms with van der Waals surface area (Å²) in [7, 11) is 1.71.